The fourth-order valence-corrected chi connectivity index (χ4v) is 4.42. The SMILES string of the molecule is COCc1nnc(NC(=O)C2(Cc3ccc(-c4ccncc4)cc3)CCOCC2)s1. The molecule has 1 N–H and O–H groups in total. The number of nitrogens with zero attached hydrogens (tertiary/aromatic N) is 3. The molecule has 4 rings (SSSR count). The lowest BCUT2D eigenvalue weighted by atomic mass is 9.74. The minimum absolute atomic E-state index is 0.0240. The molecule has 0 spiro atoms. The Balaban J connectivity index is 1.50. The number of amides is 1. The highest BCUT2D eigenvalue weighted by Crippen LogP contribution is 2.36. The van der Waals surface area contributed by atoms with Gasteiger partial charge in [-0.2, -0.15) is 0 Å². The van der Waals surface area contributed by atoms with E-state index in [1.54, 1.807) is 19.5 Å². The predicted octanol–water partition coefficient (Wildman–Crippen LogP) is 3.72. The summed E-state index contributed by atoms with van der Waals surface area (Å²) in [4.78, 5) is 17.4. The standard InChI is InChI=1S/C22H24N4O3S/c1-28-15-19-25-26-21(30-19)24-20(27)22(8-12-29-13-9-22)14-16-2-4-17(5-3-16)18-6-10-23-11-7-18/h2-7,10-11H,8-9,12-15H2,1H3,(H,24,26,27). The third-order valence-corrected chi connectivity index (χ3v) is 6.21. The van der Waals surface area contributed by atoms with Crippen LogP contribution < -0.4 is 5.32 Å². The zero-order valence-corrected chi connectivity index (χ0v) is 17.7. The van der Waals surface area contributed by atoms with Crippen molar-refractivity contribution in [2.75, 3.05) is 25.6 Å². The lowest BCUT2D eigenvalue weighted by Crippen LogP contribution is -2.42. The number of ether oxygens (including phenoxy) is 2. The first kappa shape index (κ1) is 20.6. The van der Waals surface area contributed by atoms with Gasteiger partial charge in [-0.1, -0.05) is 35.6 Å². The van der Waals surface area contributed by atoms with E-state index in [4.69, 9.17) is 9.47 Å². The first-order chi connectivity index (χ1) is 14.7. The number of methoxy groups -OCH3 is 1. The molecule has 2 aromatic heterocycles. The summed E-state index contributed by atoms with van der Waals surface area (Å²) in [5.41, 5.74) is 2.86. The average molecular weight is 425 g/mol. The quantitative estimate of drug-likeness (QED) is 0.622. The maximum absolute atomic E-state index is 13.3. The molecule has 30 heavy (non-hydrogen) atoms. The molecule has 0 unspecified atom stereocenters. The van der Waals surface area contributed by atoms with Crippen LogP contribution in [-0.4, -0.2) is 41.4 Å². The van der Waals surface area contributed by atoms with Crippen LogP contribution in [0.5, 0.6) is 0 Å². The first-order valence-electron chi connectivity index (χ1n) is 9.88. The Kier molecular flexibility index (Phi) is 6.47. The smallest absolute Gasteiger partial charge is 0.232 e. The van der Waals surface area contributed by atoms with Gasteiger partial charge in [-0.3, -0.25) is 9.78 Å². The molecule has 0 atom stereocenters. The molecule has 7 nitrogen and oxygen atoms in total. The monoisotopic (exact) mass is 424 g/mol. The van der Waals surface area contributed by atoms with Gasteiger partial charge in [0, 0.05) is 32.7 Å². The Labute approximate surface area is 179 Å². The Bertz CT molecular complexity index is 970. The molecular weight excluding hydrogens is 400 g/mol. The third kappa shape index (κ3) is 4.72. The number of rotatable bonds is 7. The van der Waals surface area contributed by atoms with Crippen LogP contribution in [0.3, 0.4) is 0 Å². The summed E-state index contributed by atoms with van der Waals surface area (Å²) in [6.45, 7) is 1.54. The lowest BCUT2D eigenvalue weighted by molar-refractivity contribution is -0.131. The van der Waals surface area contributed by atoms with Crippen molar-refractivity contribution < 1.29 is 14.3 Å². The third-order valence-electron chi connectivity index (χ3n) is 5.40. The Hall–Kier alpha value is -2.68. The Morgan fingerprint density at radius 1 is 1.10 bits per heavy atom. The van der Waals surface area contributed by atoms with Crippen LogP contribution in [0, 0.1) is 5.41 Å². The van der Waals surface area contributed by atoms with E-state index in [0.717, 1.165) is 21.7 Å². The molecule has 0 aliphatic carbocycles. The maximum Gasteiger partial charge on any atom is 0.232 e. The first-order valence-corrected chi connectivity index (χ1v) is 10.7. The second-order valence-electron chi connectivity index (χ2n) is 7.39. The van der Waals surface area contributed by atoms with Gasteiger partial charge in [0.05, 0.1) is 5.41 Å². The molecular formula is C22H24N4O3S. The van der Waals surface area contributed by atoms with Gasteiger partial charge < -0.3 is 14.8 Å². The lowest BCUT2D eigenvalue weighted by Gasteiger charge is -2.35. The molecule has 1 fully saturated rings. The molecule has 0 bridgehead atoms. The van der Waals surface area contributed by atoms with E-state index in [1.807, 2.05) is 12.1 Å². The highest BCUT2D eigenvalue weighted by molar-refractivity contribution is 7.15. The van der Waals surface area contributed by atoms with Crippen LogP contribution in [0.2, 0.25) is 0 Å². The summed E-state index contributed by atoms with van der Waals surface area (Å²) in [5, 5.41) is 12.3. The van der Waals surface area contributed by atoms with E-state index in [2.05, 4.69) is 44.8 Å². The fourth-order valence-electron chi connectivity index (χ4n) is 3.71. The second kappa shape index (κ2) is 9.42. The molecule has 1 amide bonds. The largest absolute Gasteiger partial charge is 0.381 e. The highest BCUT2D eigenvalue weighted by atomic mass is 32.1. The van der Waals surface area contributed by atoms with Crippen molar-refractivity contribution in [3.63, 3.8) is 0 Å². The summed E-state index contributed by atoms with van der Waals surface area (Å²) in [6, 6.07) is 12.4. The molecule has 8 heteroatoms. The Morgan fingerprint density at radius 3 is 2.50 bits per heavy atom. The molecule has 1 aliphatic rings. The summed E-state index contributed by atoms with van der Waals surface area (Å²) in [5.74, 6) is -0.0240. The number of aromatic nitrogens is 3. The second-order valence-corrected chi connectivity index (χ2v) is 8.45. The van der Waals surface area contributed by atoms with E-state index in [9.17, 15) is 4.79 Å². The van der Waals surface area contributed by atoms with Crippen molar-refractivity contribution in [3.05, 3.63) is 59.4 Å². The van der Waals surface area contributed by atoms with Gasteiger partial charge in [-0.25, -0.2) is 0 Å². The number of carbonyl (C=O) groups is 1. The van der Waals surface area contributed by atoms with Crippen molar-refractivity contribution in [1.82, 2.24) is 15.2 Å². The molecule has 1 saturated heterocycles. The van der Waals surface area contributed by atoms with E-state index < -0.39 is 5.41 Å². The molecule has 0 saturated carbocycles. The Morgan fingerprint density at radius 2 is 1.80 bits per heavy atom. The van der Waals surface area contributed by atoms with E-state index in [1.165, 1.54) is 11.3 Å². The summed E-state index contributed by atoms with van der Waals surface area (Å²) in [6.07, 6.45) is 5.58. The van der Waals surface area contributed by atoms with Crippen LogP contribution in [0.4, 0.5) is 5.13 Å². The molecule has 1 aromatic carbocycles. The average Bonchev–Trinajstić information content (AvgIpc) is 3.23. The van der Waals surface area contributed by atoms with Crippen LogP contribution in [0.25, 0.3) is 11.1 Å². The van der Waals surface area contributed by atoms with Gasteiger partial charge in [0.1, 0.15) is 11.6 Å². The van der Waals surface area contributed by atoms with Gasteiger partial charge in [0.25, 0.3) is 0 Å². The topological polar surface area (TPSA) is 86.2 Å². The molecule has 3 aromatic rings. The molecule has 0 radical (unpaired) electrons. The van der Waals surface area contributed by atoms with Crippen molar-refractivity contribution in [2.24, 2.45) is 5.41 Å². The minimum Gasteiger partial charge on any atom is -0.381 e. The van der Waals surface area contributed by atoms with Crippen molar-refractivity contribution in [2.45, 2.75) is 25.9 Å². The number of nitrogens with one attached hydrogen (secondary N) is 1. The van der Waals surface area contributed by atoms with Gasteiger partial charge in [0.2, 0.25) is 11.0 Å². The zero-order valence-electron chi connectivity index (χ0n) is 16.8. The molecule has 1 aliphatic heterocycles. The van der Waals surface area contributed by atoms with Crippen LogP contribution >= 0.6 is 11.3 Å². The number of anilines is 1. The van der Waals surface area contributed by atoms with Crippen LogP contribution in [0.1, 0.15) is 23.4 Å². The summed E-state index contributed by atoms with van der Waals surface area (Å²) in [7, 11) is 1.61. The van der Waals surface area contributed by atoms with Crippen molar-refractivity contribution in [3.8, 4) is 11.1 Å². The van der Waals surface area contributed by atoms with E-state index >= 15 is 0 Å². The number of carbonyl (C=O) groups excluding carboxylic acids is 1. The summed E-state index contributed by atoms with van der Waals surface area (Å²) >= 11 is 1.34. The number of benzene rings is 1. The molecule has 3 heterocycles. The maximum atomic E-state index is 13.3. The van der Waals surface area contributed by atoms with Gasteiger partial charge in [-0.05, 0) is 48.1 Å². The van der Waals surface area contributed by atoms with E-state index in [0.29, 0.717) is 44.2 Å². The number of hydrogen-bond donors (Lipinski definition) is 1. The van der Waals surface area contributed by atoms with Gasteiger partial charge in [0.15, 0.2) is 0 Å². The fraction of sp³-hybridized carbons (Fsp3) is 0.364. The minimum atomic E-state index is -0.524. The van der Waals surface area contributed by atoms with Gasteiger partial charge >= 0.3 is 0 Å². The van der Waals surface area contributed by atoms with Crippen molar-refractivity contribution >= 4 is 22.4 Å². The van der Waals surface area contributed by atoms with Gasteiger partial charge in [-0.15, -0.1) is 10.2 Å². The van der Waals surface area contributed by atoms with E-state index in [-0.39, 0.29) is 5.91 Å². The number of pyridine rings is 1. The predicted molar refractivity (Wildman–Crippen MR) is 115 cm³/mol. The van der Waals surface area contributed by atoms with Crippen LogP contribution in [0.15, 0.2) is 48.8 Å². The van der Waals surface area contributed by atoms with Crippen LogP contribution in [-0.2, 0) is 27.3 Å². The summed E-state index contributed by atoms with van der Waals surface area (Å²) < 4.78 is 10.6. The zero-order chi connectivity index (χ0) is 20.8. The number of hydrogen-bond acceptors (Lipinski definition) is 7. The highest BCUT2D eigenvalue weighted by Gasteiger charge is 2.40. The van der Waals surface area contributed by atoms with Crippen molar-refractivity contribution in [1.29, 1.82) is 0 Å². The normalized spacial score (nSPS) is 15.6. The molecule has 156 valence electrons.